The summed E-state index contributed by atoms with van der Waals surface area (Å²) in [4.78, 5) is 11.8. The van der Waals surface area contributed by atoms with Crippen LogP contribution in [0.15, 0.2) is 12.1 Å². The number of benzene rings is 1. The van der Waals surface area contributed by atoms with Crippen molar-refractivity contribution in [3.05, 3.63) is 17.7 Å². The molecule has 0 saturated heterocycles. The van der Waals surface area contributed by atoms with Crippen LogP contribution >= 0.6 is 0 Å². The van der Waals surface area contributed by atoms with E-state index >= 15 is 0 Å². The van der Waals surface area contributed by atoms with Crippen LogP contribution in [0.1, 0.15) is 10.4 Å². The number of carbonyl (C=O) groups is 1. The highest BCUT2D eigenvalue weighted by molar-refractivity contribution is 7.91. The molecule has 0 bridgehead atoms. The number of anilines is 1. The van der Waals surface area contributed by atoms with E-state index in [0.717, 1.165) is 6.26 Å². The van der Waals surface area contributed by atoms with Crippen molar-refractivity contribution in [3.63, 3.8) is 0 Å². The van der Waals surface area contributed by atoms with E-state index in [1.165, 1.54) is 26.4 Å². The summed E-state index contributed by atoms with van der Waals surface area (Å²) in [6.45, 7) is 0. The number of ether oxygens (including phenoxy) is 2. The van der Waals surface area contributed by atoms with Crippen molar-refractivity contribution in [2.24, 2.45) is 0 Å². The Morgan fingerprint density at radius 2 is 1.67 bits per heavy atom. The van der Waals surface area contributed by atoms with E-state index in [0.29, 0.717) is 0 Å². The summed E-state index contributed by atoms with van der Waals surface area (Å²) in [5.41, 5.74) is 6.16. The molecule has 0 spiro atoms. The normalized spacial score (nSPS) is 11.1. The maximum atomic E-state index is 11.8. The zero-order valence-corrected chi connectivity index (χ0v) is 11.2. The van der Waals surface area contributed by atoms with Gasteiger partial charge in [-0.05, 0) is 12.1 Å². The molecule has 0 radical (unpaired) electrons. The van der Waals surface area contributed by atoms with Crippen LogP contribution in [0.5, 0.6) is 11.5 Å². The molecule has 0 aliphatic rings. The third kappa shape index (κ3) is 3.36. The van der Waals surface area contributed by atoms with Gasteiger partial charge in [-0.15, -0.1) is 0 Å². The van der Waals surface area contributed by atoms with Crippen molar-refractivity contribution >= 4 is 21.3 Å². The largest absolute Gasteiger partial charge is 0.494 e. The Kier molecular flexibility index (Phi) is 4.18. The van der Waals surface area contributed by atoms with Crippen LogP contribution in [-0.2, 0) is 9.84 Å². The highest BCUT2D eigenvalue weighted by Crippen LogP contribution is 2.33. The lowest BCUT2D eigenvalue weighted by Gasteiger charge is -2.11. The second-order valence-electron chi connectivity index (χ2n) is 3.79. The first-order valence-corrected chi connectivity index (χ1v) is 7.07. The first-order valence-electron chi connectivity index (χ1n) is 5.01. The number of Topliss-reactive ketones (excluding diaryl/α,β-unsaturated/α-hetero) is 1. The highest BCUT2D eigenvalue weighted by atomic mass is 32.2. The lowest BCUT2D eigenvalue weighted by molar-refractivity contribution is 0.102. The standard InChI is InChI=1S/C11H15NO5S/c1-16-9-4-7(5-10(17-2)11(9)12)8(13)6-18(3,14)15/h4-5H,6,12H2,1-3H3. The summed E-state index contributed by atoms with van der Waals surface area (Å²) in [7, 11) is -0.586. The number of methoxy groups -OCH3 is 2. The predicted octanol–water partition coefficient (Wildman–Crippen LogP) is 0.513. The number of rotatable bonds is 5. The molecule has 1 aromatic rings. The Morgan fingerprint density at radius 1 is 1.22 bits per heavy atom. The molecule has 18 heavy (non-hydrogen) atoms. The third-order valence-corrected chi connectivity index (χ3v) is 3.05. The molecular formula is C11H15NO5S. The number of nitrogen functional groups attached to an aromatic ring is 1. The minimum Gasteiger partial charge on any atom is -0.494 e. The monoisotopic (exact) mass is 273 g/mol. The van der Waals surface area contributed by atoms with E-state index in [4.69, 9.17) is 15.2 Å². The molecule has 0 amide bonds. The molecule has 0 fully saturated rings. The second-order valence-corrected chi connectivity index (χ2v) is 5.93. The predicted molar refractivity (Wildman–Crippen MR) is 68.0 cm³/mol. The Balaban J connectivity index is 3.21. The van der Waals surface area contributed by atoms with E-state index in [1.54, 1.807) is 0 Å². The summed E-state index contributed by atoms with van der Waals surface area (Å²) in [6, 6.07) is 2.79. The SMILES string of the molecule is COc1cc(C(=O)CS(C)(=O)=O)cc(OC)c1N. The van der Waals surface area contributed by atoms with Crippen LogP contribution in [-0.4, -0.2) is 40.4 Å². The molecule has 0 heterocycles. The lowest BCUT2D eigenvalue weighted by Crippen LogP contribution is -2.15. The van der Waals surface area contributed by atoms with Crippen molar-refractivity contribution < 1.29 is 22.7 Å². The van der Waals surface area contributed by atoms with Crippen molar-refractivity contribution in [2.45, 2.75) is 0 Å². The molecule has 0 aliphatic heterocycles. The summed E-state index contributed by atoms with van der Waals surface area (Å²) < 4.78 is 32.2. The maximum absolute atomic E-state index is 11.8. The van der Waals surface area contributed by atoms with Gasteiger partial charge in [0.05, 0.1) is 14.2 Å². The van der Waals surface area contributed by atoms with Gasteiger partial charge >= 0.3 is 0 Å². The fourth-order valence-corrected chi connectivity index (χ4v) is 2.06. The average Bonchev–Trinajstić information content (AvgIpc) is 2.27. The van der Waals surface area contributed by atoms with Crippen molar-refractivity contribution in [3.8, 4) is 11.5 Å². The topological polar surface area (TPSA) is 95.7 Å². The molecular weight excluding hydrogens is 258 g/mol. The van der Waals surface area contributed by atoms with Gasteiger partial charge < -0.3 is 15.2 Å². The third-order valence-electron chi connectivity index (χ3n) is 2.26. The smallest absolute Gasteiger partial charge is 0.178 e. The Bertz CT molecular complexity index is 540. The number of hydrogen-bond acceptors (Lipinski definition) is 6. The first kappa shape index (κ1) is 14.3. The van der Waals surface area contributed by atoms with Crippen LogP contribution in [0.25, 0.3) is 0 Å². The summed E-state index contributed by atoms with van der Waals surface area (Å²) in [5, 5.41) is 0. The van der Waals surface area contributed by atoms with E-state index in [2.05, 4.69) is 0 Å². The molecule has 100 valence electrons. The number of nitrogens with two attached hydrogens (primary N) is 1. The Hall–Kier alpha value is -1.76. The van der Waals surface area contributed by atoms with Crippen LogP contribution in [0.3, 0.4) is 0 Å². The van der Waals surface area contributed by atoms with E-state index in [9.17, 15) is 13.2 Å². The Morgan fingerprint density at radius 3 is 2.00 bits per heavy atom. The molecule has 0 atom stereocenters. The van der Waals surface area contributed by atoms with Gasteiger partial charge in [0, 0.05) is 11.8 Å². The summed E-state index contributed by atoms with van der Waals surface area (Å²) in [5.74, 6) is -0.560. The van der Waals surface area contributed by atoms with Crippen molar-refractivity contribution in [2.75, 3.05) is 32.0 Å². The zero-order chi connectivity index (χ0) is 13.9. The van der Waals surface area contributed by atoms with Crippen LogP contribution in [0.2, 0.25) is 0 Å². The van der Waals surface area contributed by atoms with Gasteiger partial charge in [-0.2, -0.15) is 0 Å². The second kappa shape index (κ2) is 5.26. The quantitative estimate of drug-likeness (QED) is 0.620. The van der Waals surface area contributed by atoms with Gasteiger partial charge in [0.2, 0.25) is 0 Å². The van der Waals surface area contributed by atoms with Gasteiger partial charge in [0.1, 0.15) is 22.9 Å². The molecule has 0 saturated carbocycles. The number of ketones is 1. The molecule has 7 heteroatoms. The van der Waals surface area contributed by atoms with Crippen molar-refractivity contribution in [1.29, 1.82) is 0 Å². The van der Waals surface area contributed by atoms with Gasteiger partial charge in [0.25, 0.3) is 0 Å². The van der Waals surface area contributed by atoms with E-state index in [-0.39, 0.29) is 22.7 Å². The minimum absolute atomic E-state index is 0.184. The number of hydrogen-bond donors (Lipinski definition) is 1. The molecule has 0 aliphatic carbocycles. The van der Waals surface area contributed by atoms with Gasteiger partial charge in [-0.25, -0.2) is 8.42 Å². The molecule has 0 unspecified atom stereocenters. The highest BCUT2D eigenvalue weighted by Gasteiger charge is 2.17. The van der Waals surface area contributed by atoms with Crippen LogP contribution < -0.4 is 15.2 Å². The zero-order valence-electron chi connectivity index (χ0n) is 10.4. The summed E-state index contributed by atoms with van der Waals surface area (Å²) >= 11 is 0. The Labute approximate surface area is 106 Å². The van der Waals surface area contributed by atoms with Gasteiger partial charge in [-0.3, -0.25) is 4.79 Å². The molecule has 0 aromatic heterocycles. The van der Waals surface area contributed by atoms with E-state index < -0.39 is 21.4 Å². The molecule has 1 aromatic carbocycles. The molecule has 1 rings (SSSR count). The van der Waals surface area contributed by atoms with Gasteiger partial charge in [-0.1, -0.05) is 0 Å². The fourth-order valence-electron chi connectivity index (χ4n) is 1.42. The lowest BCUT2D eigenvalue weighted by atomic mass is 10.1. The fraction of sp³-hybridized carbons (Fsp3) is 0.364. The number of carbonyl (C=O) groups excluding carboxylic acids is 1. The van der Waals surface area contributed by atoms with Gasteiger partial charge in [0.15, 0.2) is 15.6 Å². The van der Waals surface area contributed by atoms with Crippen LogP contribution in [0, 0.1) is 0 Å². The average molecular weight is 273 g/mol. The molecule has 2 N–H and O–H groups in total. The maximum Gasteiger partial charge on any atom is 0.178 e. The minimum atomic E-state index is -3.38. The summed E-state index contributed by atoms with van der Waals surface area (Å²) in [6.07, 6.45) is 0.997. The van der Waals surface area contributed by atoms with E-state index in [1.807, 2.05) is 0 Å². The number of sulfone groups is 1. The first-order chi connectivity index (χ1) is 8.28. The van der Waals surface area contributed by atoms with Crippen LogP contribution in [0.4, 0.5) is 5.69 Å². The van der Waals surface area contributed by atoms with Crippen molar-refractivity contribution in [1.82, 2.24) is 0 Å². The molecule has 6 nitrogen and oxygen atoms in total.